The zero-order chi connectivity index (χ0) is 20.4. The van der Waals surface area contributed by atoms with Crippen molar-refractivity contribution in [3.05, 3.63) is 46.8 Å². The van der Waals surface area contributed by atoms with Gasteiger partial charge in [0.25, 0.3) is 0 Å². The molecule has 0 spiro atoms. The third-order valence-electron chi connectivity index (χ3n) is 5.33. The minimum Gasteiger partial charge on any atom is -0.497 e. The topological polar surface area (TPSA) is 98.4 Å². The van der Waals surface area contributed by atoms with E-state index in [1.807, 2.05) is 18.2 Å². The van der Waals surface area contributed by atoms with E-state index in [4.69, 9.17) is 14.5 Å². The quantitative estimate of drug-likeness (QED) is 0.658. The Hall–Kier alpha value is -3.07. The van der Waals surface area contributed by atoms with Crippen LogP contribution in [-0.2, 0) is 0 Å². The first-order chi connectivity index (χ1) is 14.1. The van der Waals surface area contributed by atoms with Crippen LogP contribution in [0.15, 0.2) is 46.9 Å². The number of nitrogens with one attached hydrogen (secondary N) is 2. The molecule has 1 aromatic carbocycles. The molecule has 0 aliphatic carbocycles. The lowest BCUT2D eigenvalue weighted by Gasteiger charge is -2.36. The molecule has 0 amide bonds. The normalized spacial score (nSPS) is 22.0. The Labute approximate surface area is 169 Å². The Kier molecular flexibility index (Phi) is 5.39. The van der Waals surface area contributed by atoms with Gasteiger partial charge in [-0.05, 0) is 12.8 Å². The molecule has 29 heavy (non-hydrogen) atoms. The SMILES string of the molecule is COc1cc(NC2=C3C[N+](=O)C=CC3NC(N3CCC(O)CC3)=N2)cc(OC)c1. The fraction of sp³-hybridized carbons (Fsp3) is 0.450. The Balaban J connectivity index is 1.67. The highest BCUT2D eigenvalue weighted by Gasteiger charge is 2.34. The molecule has 154 valence electrons. The molecule has 3 aliphatic heterocycles. The molecule has 0 bridgehead atoms. The highest BCUT2D eigenvalue weighted by molar-refractivity contribution is 5.84. The monoisotopic (exact) mass is 400 g/mol. The van der Waals surface area contributed by atoms with E-state index in [2.05, 4.69) is 15.5 Å². The Morgan fingerprint density at radius 3 is 2.55 bits per heavy atom. The lowest BCUT2D eigenvalue weighted by atomic mass is 10.0. The molecule has 3 N–H and O–H groups in total. The summed E-state index contributed by atoms with van der Waals surface area (Å²) in [6, 6.07) is 5.39. The predicted octanol–water partition coefficient (Wildman–Crippen LogP) is 1.42. The summed E-state index contributed by atoms with van der Waals surface area (Å²) < 4.78 is 11.6. The minimum absolute atomic E-state index is 0.116. The van der Waals surface area contributed by atoms with Crippen LogP contribution >= 0.6 is 0 Å². The molecule has 1 fully saturated rings. The number of rotatable bonds is 4. The Morgan fingerprint density at radius 1 is 1.21 bits per heavy atom. The number of benzene rings is 1. The summed E-state index contributed by atoms with van der Waals surface area (Å²) >= 11 is 0. The number of ether oxygens (including phenoxy) is 2. The van der Waals surface area contributed by atoms with Crippen molar-refractivity contribution in [2.45, 2.75) is 25.0 Å². The molecule has 1 atom stereocenters. The van der Waals surface area contributed by atoms with Crippen molar-refractivity contribution < 1.29 is 19.3 Å². The smallest absolute Gasteiger partial charge is 0.225 e. The molecule has 0 aromatic heterocycles. The summed E-state index contributed by atoms with van der Waals surface area (Å²) in [6.07, 6.45) is 4.54. The van der Waals surface area contributed by atoms with Gasteiger partial charge in [-0.3, -0.25) is 0 Å². The number of anilines is 1. The lowest BCUT2D eigenvalue weighted by Crippen LogP contribution is -2.53. The van der Waals surface area contributed by atoms with E-state index in [-0.39, 0.29) is 18.7 Å². The zero-order valence-electron chi connectivity index (χ0n) is 16.6. The number of likely N-dealkylation sites (tertiary alicyclic amines) is 1. The van der Waals surface area contributed by atoms with E-state index in [0.29, 0.717) is 30.2 Å². The van der Waals surface area contributed by atoms with Gasteiger partial charge in [-0.1, -0.05) is 0 Å². The van der Waals surface area contributed by atoms with Gasteiger partial charge in [0, 0.05) is 52.7 Å². The van der Waals surface area contributed by atoms with Crippen LogP contribution in [0.5, 0.6) is 11.5 Å². The number of aliphatic hydroxyl groups excluding tert-OH is 1. The molecule has 1 aromatic rings. The molecular formula is C20H26N5O4+. The van der Waals surface area contributed by atoms with E-state index >= 15 is 0 Å². The van der Waals surface area contributed by atoms with Crippen molar-refractivity contribution >= 4 is 11.6 Å². The molecule has 1 saturated heterocycles. The standard InChI is InChI=1S/C20H26N5O4/c1-28-15-9-13(10-16(11-15)29-2)21-19-17-12-25(27)8-5-18(17)22-20(23-19)24-6-3-14(26)4-7-24/h5,8-11,14,18,21,26H,3-4,6-7,12H2,1-2H3,(H,22,23)/q+1. The summed E-state index contributed by atoms with van der Waals surface area (Å²) in [6.45, 7) is 1.69. The number of nitrogens with zero attached hydrogens (tertiary/aromatic N) is 3. The van der Waals surface area contributed by atoms with Crippen molar-refractivity contribution in [3.63, 3.8) is 0 Å². The number of hydrogen-bond acceptors (Lipinski definition) is 8. The predicted molar refractivity (Wildman–Crippen MR) is 109 cm³/mol. The van der Waals surface area contributed by atoms with Crippen molar-refractivity contribution in [2.24, 2.45) is 4.99 Å². The number of aliphatic hydroxyl groups is 1. The van der Waals surface area contributed by atoms with Crippen molar-refractivity contribution in [3.8, 4) is 11.5 Å². The molecule has 3 aliphatic rings. The third-order valence-corrected chi connectivity index (χ3v) is 5.33. The van der Waals surface area contributed by atoms with E-state index < -0.39 is 0 Å². The second-order valence-electron chi connectivity index (χ2n) is 7.29. The number of nitroso groups, excluding NO2 is 1. The lowest BCUT2D eigenvalue weighted by molar-refractivity contribution is -0.473. The third kappa shape index (κ3) is 4.19. The largest absolute Gasteiger partial charge is 0.497 e. The molecule has 3 heterocycles. The average molecular weight is 400 g/mol. The van der Waals surface area contributed by atoms with Crippen LogP contribution in [0.1, 0.15) is 12.8 Å². The first kappa shape index (κ1) is 19.3. The maximum absolute atomic E-state index is 11.9. The van der Waals surface area contributed by atoms with Crippen molar-refractivity contribution in [1.29, 1.82) is 0 Å². The van der Waals surface area contributed by atoms with Gasteiger partial charge < -0.3 is 30.1 Å². The van der Waals surface area contributed by atoms with Gasteiger partial charge in [0.05, 0.1) is 31.9 Å². The summed E-state index contributed by atoms with van der Waals surface area (Å²) in [5.74, 6) is 2.69. The number of aliphatic imine (C=N–C) groups is 1. The molecule has 1 unspecified atom stereocenters. The molecule has 9 nitrogen and oxygen atoms in total. The van der Waals surface area contributed by atoms with Gasteiger partial charge in [0.15, 0.2) is 0 Å². The van der Waals surface area contributed by atoms with Crippen molar-refractivity contribution in [1.82, 2.24) is 10.2 Å². The van der Waals surface area contributed by atoms with E-state index in [0.717, 1.165) is 35.1 Å². The molecule has 9 heteroatoms. The summed E-state index contributed by atoms with van der Waals surface area (Å²) in [4.78, 5) is 18.9. The fourth-order valence-corrected chi connectivity index (χ4v) is 3.69. The highest BCUT2D eigenvalue weighted by Crippen LogP contribution is 2.29. The van der Waals surface area contributed by atoms with Gasteiger partial charge in [0.2, 0.25) is 18.7 Å². The van der Waals surface area contributed by atoms with Gasteiger partial charge in [-0.15, -0.1) is 0 Å². The first-order valence-electron chi connectivity index (χ1n) is 9.69. The van der Waals surface area contributed by atoms with Crippen LogP contribution in [0, 0.1) is 4.91 Å². The van der Waals surface area contributed by atoms with Crippen LogP contribution in [0.25, 0.3) is 0 Å². The van der Waals surface area contributed by atoms with Crippen LogP contribution in [0.3, 0.4) is 0 Å². The number of methoxy groups -OCH3 is 2. The second-order valence-corrected chi connectivity index (χ2v) is 7.29. The van der Waals surface area contributed by atoms with Gasteiger partial charge >= 0.3 is 0 Å². The molecule has 0 radical (unpaired) electrons. The zero-order valence-corrected chi connectivity index (χ0v) is 16.6. The van der Waals surface area contributed by atoms with Crippen LogP contribution < -0.4 is 20.1 Å². The first-order valence-corrected chi connectivity index (χ1v) is 9.69. The highest BCUT2D eigenvalue weighted by atomic mass is 16.5. The molecule has 4 rings (SSSR count). The van der Waals surface area contributed by atoms with Crippen LogP contribution in [0.2, 0.25) is 0 Å². The Bertz CT molecular complexity index is 865. The second kappa shape index (κ2) is 8.12. The number of fused-ring (bicyclic) bond motifs is 1. The maximum atomic E-state index is 11.9. The van der Waals surface area contributed by atoms with Gasteiger partial charge in [-0.25, -0.2) is 0 Å². The van der Waals surface area contributed by atoms with Crippen molar-refractivity contribution in [2.75, 3.05) is 39.2 Å². The van der Waals surface area contributed by atoms with Crippen LogP contribution in [-0.4, -0.2) is 66.7 Å². The maximum Gasteiger partial charge on any atom is 0.225 e. The van der Waals surface area contributed by atoms with E-state index in [1.165, 1.54) is 6.20 Å². The van der Waals surface area contributed by atoms with Gasteiger partial charge in [-0.2, -0.15) is 4.99 Å². The molecule has 0 saturated carbocycles. The fourth-order valence-electron chi connectivity index (χ4n) is 3.69. The summed E-state index contributed by atoms with van der Waals surface area (Å²) in [5, 5.41) is 16.6. The summed E-state index contributed by atoms with van der Waals surface area (Å²) in [7, 11) is 3.20. The summed E-state index contributed by atoms with van der Waals surface area (Å²) in [5.41, 5.74) is 1.62. The van der Waals surface area contributed by atoms with E-state index in [9.17, 15) is 10.0 Å². The number of hydrogen-bond donors (Lipinski definition) is 3. The van der Waals surface area contributed by atoms with Gasteiger partial charge in [0.1, 0.15) is 17.3 Å². The number of piperidine rings is 1. The number of guanidine groups is 1. The van der Waals surface area contributed by atoms with Crippen LogP contribution in [0.4, 0.5) is 5.69 Å². The average Bonchev–Trinajstić information content (AvgIpc) is 2.74. The van der Waals surface area contributed by atoms with E-state index in [1.54, 1.807) is 20.3 Å². The Morgan fingerprint density at radius 2 is 1.90 bits per heavy atom. The molecular weight excluding hydrogens is 374 g/mol. The minimum atomic E-state index is -0.257.